The second-order valence-corrected chi connectivity index (χ2v) is 6.71. The zero-order valence-corrected chi connectivity index (χ0v) is 15.9. The molecule has 0 aromatic heterocycles. The summed E-state index contributed by atoms with van der Waals surface area (Å²) in [4.78, 5) is 40.7. The number of carbonyl (C=O) groups is 3. The fourth-order valence-electron chi connectivity index (χ4n) is 2.95. The minimum Gasteiger partial charge on any atom is -0.480 e. The van der Waals surface area contributed by atoms with Crippen LogP contribution in [0.25, 0.3) is 0 Å². The molecule has 9 heteroatoms. The van der Waals surface area contributed by atoms with Crippen LogP contribution >= 0.6 is 0 Å². The van der Waals surface area contributed by atoms with Crippen molar-refractivity contribution in [3.63, 3.8) is 0 Å². The monoisotopic (exact) mass is 399 g/mol. The number of carboxylic acids is 1. The van der Waals surface area contributed by atoms with Crippen LogP contribution in [0.15, 0.2) is 59.2 Å². The number of carboxylic acid groups (broad SMARTS) is 1. The molecular formula is C20H25N5O4. The molecule has 0 heterocycles. The first-order chi connectivity index (χ1) is 13.8. The van der Waals surface area contributed by atoms with Crippen LogP contribution in [-0.2, 0) is 9.59 Å². The number of Topliss-reactive ketones (excluding diaryl/α,β-unsaturated/α-hetero) is 1. The third kappa shape index (κ3) is 5.52. The van der Waals surface area contributed by atoms with E-state index >= 15 is 0 Å². The Morgan fingerprint density at radius 1 is 1.21 bits per heavy atom. The van der Waals surface area contributed by atoms with Gasteiger partial charge in [0.1, 0.15) is 5.41 Å². The molecule has 2 rings (SSSR count). The van der Waals surface area contributed by atoms with Crippen LogP contribution in [0.5, 0.6) is 0 Å². The molecule has 154 valence electrons. The minimum atomic E-state index is -1.77. The molecule has 1 aliphatic carbocycles. The molecule has 1 unspecified atom stereocenters. The number of benzene rings is 1. The number of hydrogen-bond acceptors (Lipinski definition) is 5. The van der Waals surface area contributed by atoms with E-state index in [1.807, 2.05) is 0 Å². The first-order valence-corrected chi connectivity index (χ1v) is 9.11. The number of guanidine groups is 1. The van der Waals surface area contributed by atoms with Crippen LogP contribution in [0.1, 0.15) is 29.6 Å². The summed E-state index contributed by atoms with van der Waals surface area (Å²) in [5, 5.41) is 12.4. The van der Waals surface area contributed by atoms with Crippen molar-refractivity contribution in [3.8, 4) is 0 Å². The van der Waals surface area contributed by atoms with Crippen LogP contribution in [-0.4, -0.2) is 41.3 Å². The fourth-order valence-corrected chi connectivity index (χ4v) is 2.95. The summed E-state index contributed by atoms with van der Waals surface area (Å²) < 4.78 is 0. The topological polar surface area (TPSA) is 174 Å². The number of allylic oxidation sites excluding steroid dienone is 2. The van der Waals surface area contributed by atoms with Crippen LogP contribution in [0, 0.1) is 5.41 Å². The predicted octanol–water partition coefficient (Wildman–Crippen LogP) is 0.281. The van der Waals surface area contributed by atoms with E-state index in [4.69, 9.17) is 17.2 Å². The van der Waals surface area contributed by atoms with E-state index in [0.717, 1.165) is 0 Å². The molecule has 29 heavy (non-hydrogen) atoms. The van der Waals surface area contributed by atoms with Gasteiger partial charge in [0.05, 0.1) is 6.04 Å². The van der Waals surface area contributed by atoms with Crippen molar-refractivity contribution in [3.05, 3.63) is 59.8 Å². The third-order valence-electron chi connectivity index (χ3n) is 4.61. The number of aliphatic carboxylic acids is 1. The quantitative estimate of drug-likeness (QED) is 0.171. The Kier molecular flexibility index (Phi) is 7.27. The normalized spacial score (nSPS) is 19.0. The second kappa shape index (κ2) is 9.65. The highest BCUT2D eigenvalue weighted by Gasteiger charge is 2.46. The van der Waals surface area contributed by atoms with Gasteiger partial charge in [-0.3, -0.25) is 19.4 Å². The van der Waals surface area contributed by atoms with Crippen LogP contribution in [0.4, 0.5) is 0 Å². The molecule has 0 aliphatic heterocycles. The van der Waals surface area contributed by atoms with Gasteiger partial charge in [0.15, 0.2) is 11.7 Å². The lowest BCUT2D eigenvalue weighted by atomic mass is 9.74. The van der Waals surface area contributed by atoms with Crippen molar-refractivity contribution in [2.24, 2.45) is 27.6 Å². The lowest BCUT2D eigenvalue weighted by Crippen LogP contribution is -2.48. The predicted molar refractivity (Wildman–Crippen MR) is 109 cm³/mol. The zero-order valence-electron chi connectivity index (χ0n) is 15.9. The number of nitrogens with two attached hydrogens (primary N) is 3. The number of nitrogens with one attached hydrogen (secondary N) is 1. The van der Waals surface area contributed by atoms with Gasteiger partial charge >= 0.3 is 5.97 Å². The van der Waals surface area contributed by atoms with Crippen LogP contribution in [0.2, 0.25) is 0 Å². The summed E-state index contributed by atoms with van der Waals surface area (Å²) in [6.45, 7) is 0.300. The third-order valence-corrected chi connectivity index (χ3v) is 4.61. The van der Waals surface area contributed by atoms with Crippen molar-refractivity contribution in [2.75, 3.05) is 6.54 Å². The summed E-state index contributed by atoms with van der Waals surface area (Å²) >= 11 is 0. The molecule has 1 aromatic rings. The summed E-state index contributed by atoms with van der Waals surface area (Å²) in [5.74, 6) is -2.27. The average Bonchev–Trinajstić information content (AvgIpc) is 2.71. The number of ketones is 1. The van der Waals surface area contributed by atoms with E-state index in [-0.39, 0.29) is 24.7 Å². The van der Waals surface area contributed by atoms with Gasteiger partial charge in [-0.05, 0) is 37.5 Å². The first kappa shape index (κ1) is 21.8. The number of aliphatic imine (C=N–C) groups is 1. The van der Waals surface area contributed by atoms with E-state index in [2.05, 4.69) is 10.3 Å². The van der Waals surface area contributed by atoms with Gasteiger partial charge in [0, 0.05) is 17.8 Å². The zero-order chi connectivity index (χ0) is 21.4. The van der Waals surface area contributed by atoms with Gasteiger partial charge in [-0.25, -0.2) is 0 Å². The molecule has 0 saturated carbocycles. The van der Waals surface area contributed by atoms with Crippen LogP contribution in [0.3, 0.4) is 0 Å². The number of carbonyl (C=O) groups excluding carboxylic acids is 2. The van der Waals surface area contributed by atoms with Crippen molar-refractivity contribution in [1.29, 1.82) is 0 Å². The fraction of sp³-hybridized carbons (Fsp3) is 0.300. The molecule has 0 fully saturated rings. The molecule has 1 amide bonds. The SMILES string of the molecule is NC(N)=NCCC[C@H](N)C(=O)C1(C(=O)O)C=CC(NC(=O)c2ccccc2)=CC1. The largest absolute Gasteiger partial charge is 0.480 e. The summed E-state index contributed by atoms with van der Waals surface area (Å²) in [6.07, 6.45) is 4.80. The molecule has 1 aromatic carbocycles. The Morgan fingerprint density at radius 2 is 1.90 bits per heavy atom. The number of hydrogen-bond donors (Lipinski definition) is 5. The average molecular weight is 399 g/mol. The Morgan fingerprint density at radius 3 is 2.45 bits per heavy atom. The minimum absolute atomic E-state index is 0.0580. The Bertz CT molecular complexity index is 859. The van der Waals surface area contributed by atoms with E-state index < -0.39 is 23.2 Å². The second-order valence-electron chi connectivity index (χ2n) is 6.71. The molecule has 0 spiro atoms. The maximum absolute atomic E-state index is 12.8. The lowest BCUT2D eigenvalue weighted by Gasteiger charge is -2.29. The standard InChI is InChI=1S/C20H25N5O4/c21-15(7-4-12-24-19(22)23)16(26)20(18(28)29)10-8-14(9-11-20)25-17(27)13-5-2-1-3-6-13/h1-3,5-6,8-10,15H,4,7,11-12,21H2,(H,25,27)(H,28,29)(H4,22,23,24)/t15-,20?/m0/s1. The molecule has 0 radical (unpaired) electrons. The summed E-state index contributed by atoms with van der Waals surface area (Å²) in [7, 11) is 0. The number of amides is 1. The Balaban J connectivity index is 2.04. The smallest absolute Gasteiger partial charge is 0.321 e. The molecule has 8 N–H and O–H groups in total. The van der Waals surface area contributed by atoms with Crippen molar-refractivity contribution < 1.29 is 19.5 Å². The van der Waals surface area contributed by atoms with Gasteiger partial charge in [0.25, 0.3) is 5.91 Å². The highest BCUT2D eigenvalue weighted by Crippen LogP contribution is 2.32. The molecule has 1 aliphatic rings. The van der Waals surface area contributed by atoms with Gasteiger partial charge < -0.3 is 27.6 Å². The van der Waals surface area contributed by atoms with Crippen molar-refractivity contribution >= 4 is 23.6 Å². The summed E-state index contributed by atoms with van der Waals surface area (Å²) in [5.41, 5.74) is 15.5. The Hall–Kier alpha value is -3.46. The van der Waals surface area contributed by atoms with Gasteiger partial charge in [-0.1, -0.05) is 30.4 Å². The van der Waals surface area contributed by atoms with Crippen LogP contribution < -0.4 is 22.5 Å². The van der Waals surface area contributed by atoms with E-state index in [1.54, 1.807) is 30.3 Å². The number of nitrogens with zero attached hydrogens (tertiary/aromatic N) is 1. The van der Waals surface area contributed by atoms with Crippen molar-refractivity contribution in [2.45, 2.75) is 25.3 Å². The summed E-state index contributed by atoms with van der Waals surface area (Å²) in [6, 6.07) is 7.62. The lowest BCUT2D eigenvalue weighted by molar-refractivity contribution is -0.152. The van der Waals surface area contributed by atoms with E-state index in [9.17, 15) is 19.5 Å². The molecule has 2 atom stereocenters. The highest BCUT2D eigenvalue weighted by atomic mass is 16.4. The van der Waals surface area contributed by atoms with Gasteiger partial charge in [0.2, 0.25) is 0 Å². The molecule has 9 nitrogen and oxygen atoms in total. The van der Waals surface area contributed by atoms with E-state index in [0.29, 0.717) is 24.2 Å². The van der Waals surface area contributed by atoms with Gasteiger partial charge in [-0.15, -0.1) is 0 Å². The maximum atomic E-state index is 12.8. The van der Waals surface area contributed by atoms with Crippen molar-refractivity contribution in [1.82, 2.24) is 5.32 Å². The first-order valence-electron chi connectivity index (χ1n) is 9.11. The maximum Gasteiger partial charge on any atom is 0.321 e. The number of rotatable bonds is 9. The van der Waals surface area contributed by atoms with Gasteiger partial charge in [-0.2, -0.15) is 0 Å². The highest BCUT2D eigenvalue weighted by molar-refractivity contribution is 6.08. The molecule has 0 bridgehead atoms. The molecular weight excluding hydrogens is 374 g/mol. The molecule has 0 saturated heterocycles. The Labute approximate surface area is 168 Å². The van der Waals surface area contributed by atoms with E-state index in [1.165, 1.54) is 18.2 Å².